The highest BCUT2D eigenvalue weighted by Crippen LogP contribution is 2.67. The fourth-order valence-electron chi connectivity index (χ4n) is 12.5. The van der Waals surface area contributed by atoms with Gasteiger partial charge in [-0.15, -0.1) is 0 Å². The van der Waals surface area contributed by atoms with Gasteiger partial charge >= 0.3 is 5.97 Å². The van der Waals surface area contributed by atoms with Gasteiger partial charge in [0.25, 0.3) is 0 Å². The van der Waals surface area contributed by atoms with E-state index >= 15 is 0 Å². The van der Waals surface area contributed by atoms with Crippen molar-refractivity contribution in [3.05, 3.63) is 48.1 Å². The monoisotopic (exact) mass is 809 g/mol. The van der Waals surface area contributed by atoms with Crippen molar-refractivity contribution < 1.29 is 34.3 Å². The van der Waals surface area contributed by atoms with E-state index in [9.17, 15) is 20.1 Å². The number of unbranched alkanes of at least 4 members (excludes halogenated alkanes) is 3. The molecule has 4 fully saturated rings. The lowest BCUT2D eigenvalue weighted by Gasteiger charge is -2.58. The average molecular weight is 809 g/mol. The van der Waals surface area contributed by atoms with Crippen molar-refractivity contribution in [3.63, 3.8) is 0 Å². The number of esters is 1. The maximum absolute atomic E-state index is 12.6. The number of carbonyl (C=O) groups excluding carboxylic acids is 1. The van der Waals surface area contributed by atoms with Gasteiger partial charge in [-0.2, -0.15) is 0 Å². The van der Waals surface area contributed by atoms with E-state index in [4.69, 9.17) is 14.2 Å². The normalized spacial score (nSPS) is 37.5. The molecule has 0 spiro atoms. The number of aliphatic hydroxyl groups is 3. The second-order valence-corrected chi connectivity index (χ2v) is 20.0. The summed E-state index contributed by atoms with van der Waals surface area (Å²) in [6, 6.07) is 0. The predicted octanol–water partition coefficient (Wildman–Crippen LogP) is 11.2. The third-order valence-corrected chi connectivity index (χ3v) is 16.2. The number of carbonyl (C=O) groups is 1. The molecule has 0 radical (unpaired) electrons. The minimum Gasteiger partial charge on any atom is -0.463 e. The first-order valence-corrected chi connectivity index (χ1v) is 24.0. The largest absolute Gasteiger partial charge is 0.463 e. The molecule has 7 heteroatoms. The molecule has 14 atom stereocenters. The van der Waals surface area contributed by atoms with Crippen molar-refractivity contribution in [2.45, 2.75) is 207 Å². The van der Waals surface area contributed by atoms with Gasteiger partial charge < -0.3 is 29.5 Å². The minimum absolute atomic E-state index is 0.149. The fraction of sp³-hybridized carbons (Fsp3) is 0.824. The molecular formula is C51H84O7. The van der Waals surface area contributed by atoms with Gasteiger partial charge in [-0.1, -0.05) is 116 Å². The Hall–Kier alpha value is -1.77. The standard InChI is InChI=1S/C51H84O7/c1-8-10-11-12-13-14-15-16-17-18-19-20-21-22-45(52)56-34-44-46(53)47(54)48(55)49(58-44)57-39-29-31-50(6)38(33-39)25-26-40-42-28-27-41(51(42,7)32-30-43(40)50)36(5)23-24-37(9-2)35(3)4/h10-11,13-14,16-17,25,35-37,39-44,46-49,53-55H,8-9,12,15,18-24,26-34H2,1-7H3/b11-10-,14-13-,17-16-/t36-,37-,39+,40+,41-,42+,43+,44?,46-,47?,48?,49-,50+,51-/m1/s1. The Morgan fingerprint density at radius 3 is 2.33 bits per heavy atom. The Kier molecular flexibility index (Phi) is 18.2. The number of rotatable bonds is 21. The summed E-state index contributed by atoms with van der Waals surface area (Å²) >= 11 is 0. The van der Waals surface area contributed by atoms with Crippen LogP contribution in [0.5, 0.6) is 0 Å². The number of hydrogen-bond acceptors (Lipinski definition) is 7. The van der Waals surface area contributed by atoms with Crippen LogP contribution in [0.3, 0.4) is 0 Å². The zero-order valence-corrected chi connectivity index (χ0v) is 37.7. The molecular weight excluding hydrogens is 725 g/mol. The summed E-state index contributed by atoms with van der Waals surface area (Å²) in [5.74, 6) is 5.17. The van der Waals surface area contributed by atoms with E-state index in [2.05, 4.69) is 91.0 Å². The lowest BCUT2D eigenvalue weighted by Crippen LogP contribution is -2.60. The number of hydrogen-bond donors (Lipinski definition) is 3. The summed E-state index contributed by atoms with van der Waals surface area (Å²) in [5.41, 5.74) is 2.11. The smallest absolute Gasteiger partial charge is 0.305 e. The highest BCUT2D eigenvalue weighted by Gasteiger charge is 2.59. The van der Waals surface area contributed by atoms with Crippen LogP contribution >= 0.6 is 0 Å². The first kappa shape index (κ1) is 47.3. The average Bonchev–Trinajstić information content (AvgIpc) is 3.56. The Bertz CT molecular complexity index is 1380. The van der Waals surface area contributed by atoms with Gasteiger partial charge in [-0.3, -0.25) is 4.79 Å². The molecule has 1 heterocycles. The van der Waals surface area contributed by atoms with Crippen molar-refractivity contribution in [3.8, 4) is 0 Å². The van der Waals surface area contributed by atoms with Gasteiger partial charge in [0.05, 0.1) is 6.10 Å². The molecule has 3 unspecified atom stereocenters. The van der Waals surface area contributed by atoms with E-state index in [1.807, 2.05) is 0 Å². The summed E-state index contributed by atoms with van der Waals surface area (Å²) in [6.07, 6.45) is 29.5. The molecule has 1 aliphatic heterocycles. The topological polar surface area (TPSA) is 105 Å². The van der Waals surface area contributed by atoms with E-state index in [0.29, 0.717) is 17.8 Å². The molecule has 0 aromatic heterocycles. The molecule has 3 saturated carbocycles. The van der Waals surface area contributed by atoms with E-state index in [1.54, 1.807) is 0 Å². The summed E-state index contributed by atoms with van der Waals surface area (Å²) in [7, 11) is 0. The third-order valence-electron chi connectivity index (χ3n) is 16.2. The van der Waals surface area contributed by atoms with Crippen LogP contribution in [-0.4, -0.2) is 64.7 Å². The highest BCUT2D eigenvalue weighted by molar-refractivity contribution is 5.69. The zero-order chi connectivity index (χ0) is 41.9. The summed E-state index contributed by atoms with van der Waals surface area (Å²) < 4.78 is 18.0. The SMILES string of the molecule is CC/C=C\C/C=C\C/C=C\CCCCCC(=O)OCC1O[C@@H](O[C@H]2CC[C@@]3(C)C(=CC[C@H]4[C@@H]5CC[C@H]([C@H](C)CC[C@@H](CC)C(C)C)[C@@]5(C)CC[C@@H]43)C2)C(O)C(O)[C@@H]1O. The highest BCUT2D eigenvalue weighted by atomic mass is 16.7. The molecule has 5 aliphatic rings. The van der Waals surface area contributed by atoms with Gasteiger partial charge in [0.15, 0.2) is 6.29 Å². The zero-order valence-electron chi connectivity index (χ0n) is 37.7. The van der Waals surface area contributed by atoms with Gasteiger partial charge in [-0.05, 0) is 149 Å². The Morgan fingerprint density at radius 1 is 0.862 bits per heavy atom. The van der Waals surface area contributed by atoms with Crippen LogP contribution in [0.15, 0.2) is 48.1 Å². The van der Waals surface area contributed by atoms with Crippen molar-refractivity contribution in [1.82, 2.24) is 0 Å². The van der Waals surface area contributed by atoms with Crippen LogP contribution in [-0.2, 0) is 19.0 Å². The minimum atomic E-state index is -1.45. The van der Waals surface area contributed by atoms with E-state index in [0.717, 1.165) is 106 Å². The van der Waals surface area contributed by atoms with Crippen molar-refractivity contribution in [1.29, 1.82) is 0 Å². The van der Waals surface area contributed by atoms with Crippen LogP contribution in [0.4, 0.5) is 0 Å². The third kappa shape index (κ3) is 11.6. The molecule has 0 bridgehead atoms. The molecule has 5 rings (SSSR count). The molecule has 58 heavy (non-hydrogen) atoms. The number of fused-ring (bicyclic) bond motifs is 5. The fourth-order valence-corrected chi connectivity index (χ4v) is 12.5. The van der Waals surface area contributed by atoms with Gasteiger partial charge in [0.2, 0.25) is 0 Å². The molecule has 3 N–H and O–H groups in total. The van der Waals surface area contributed by atoms with Gasteiger partial charge in [-0.25, -0.2) is 0 Å². The second kappa shape index (κ2) is 22.4. The maximum atomic E-state index is 12.6. The van der Waals surface area contributed by atoms with E-state index < -0.39 is 30.7 Å². The quantitative estimate of drug-likeness (QED) is 0.0602. The summed E-state index contributed by atoms with van der Waals surface area (Å²) in [4.78, 5) is 12.6. The summed E-state index contributed by atoms with van der Waals surface area (Å²) in [5, 5.41) is 32.5. The second-order valence-electron chi connectivity index (χ2n) is 20.0. The number of allylic oxidation sites excluding steroid dienone is 7. The lowest BCUT2D eigenvalue weighted by molar-refractivity contribution is -0.313. The molecule has 7 nitrogen and oxygen atoms in total. The van der Waals surface area contributed by atoms with Crippen molar-refractivity contribution >= 4 is 5.97 Å². The van der Waals surface area contributed by atoms with E-state index in [-0.39, 0.29) is 24.1 Å². The van der Waals surface area contributed by atoms with Crippen molar-refractivity contribution in [2.75, 3.05) is 6.61 Å². The summed E-state index contributed by atoms with van der Waals surface area (Å²) in [6.45, 7) is 16.9. The van der Waals surface area contributed by atoms with Gasteiger partial charge in [0, 0.05) is 6.42 Å². The first-order chi connectivity index (χ1) is 27.8. The maximum Gasteiger partial charge on any atom is 0.305 e. The van der Waals surface area contributed by atoms with Gasteiger partial charge in [0.1, 0.15) is 31.0 Å². The molecule has 330 valence electrons. The molecule has 0 amide bonds. The number of ether oxygens (including phenoxy) is 3. The van der Waals surface area contributed by atoms with Crippen LogP contribution in [0.25, 0.3) is 0 Å². The van der Waals surface area contributed by atoms with Crippen molar-refractivity contribution in [2.24, 2.45) is 52.3 Å². The molecule has 0 aromatic carbocycles. The lowest BCUT2D eigenvalue weighted by atomic mass is 9.47. The van der Waals surface area contributed by atoms with Crippen LogP contribution in [0.1, 0.15) is 170 Å². The Morgan fingerprint density at radius 2 is 1.60 bits per heavy atom. The first-order valence-electron chi connectivity index (χ1n) is 24.0. The Balaban J connectivity index is 1.06. The van der Waals surface area contributed by atoms with Crippen LogP contribution < -0.4 is 0 Å². The molecule has 4 aliphatic carbocycles. The number of aliphatic hydroxyl groups excluding tert-OH is 3. The van der Waals surface area contributed by atoms with Crippen LogP contribution in [0, 0.1) is 52.3 Å². The predicted molar refractivity (Wildman–Crippen MR) is 235 cm³/mol. The van der Waals surface area contributed by atoms with E-state index in [1.165, 1.54) is 50.5 Å². The molecule has 0 aromatic rings. The van der Waals surface area contributed by atoms with Crippen LogP contribution in [0.2, 0.25) is 0 Å². The molecule has 1 saturated heterocycles. The Labute approximate surface area is 353 Å².